The van der Waals surface area contributed by atoms with Crippen LogP contribution >= 0.6 is 43.5 Å². The first-order chi connectivity index (χ1) is 8.50. The highest BCUT2D eigenvalue weighted by Gasteiger charge is 2.18. The highest BCUT2D eigenvalue weighted by Crippen LogP contribution is 2.28. The van der Waals surface area contributed by atoms with Crippen LogP contribution in [-0.4, -0.2) is 10.8 Å². The first-order valence-electron chi connectivity index (χ1n) is 4.80. The predicted molar refractivity (Wildman–Crippen MR) is 74.5 cm³/mol. The molecule has 0 aliphatic carbocycles. The highest BCUT2D eigenvalue weighted by molar-refractivity contribution is 9.10. The van der Waals surface area contributed by atoms with Crippen molar-refractivity contribution in [2.75, 3.05) is 0 Å². The van der Waals surface area contributed by atoms with Crippen molar-refractivity contribution >= 4 is 49.2 Å². The van der Waals surface area contributed by atoms with Gasteiger partial charge in [-0.2, -0.15) is 0 Å². The molecule has 2 aromatic rings. The van der Waals surface area contributed by atoms with E-state index in [1.807, 2.05) is 0 Å². The number of ketones is 1. The second-order valence-electron chi connectivity index (χ2n) is 3.41. The molecule has 0 bridgehead atoms. The molecule has 0 amide bonds. The summed E-state index contributed by atoms with van der Waals surface area (Å²) in [6.07, 6.45) is 1.48. The molecule has 0 saturated carbocycles. The minimum atomic E-state index is -0.749. The van der Waals surface area contributed by atoms with Crippen LogP contribution in [0.2, 0.25) is 5.02 Å². The maximum Gasteiger partial charge on any atom is 0.214 e. The molecular weight excluding hydrogens is 388 g/mol. The number of halogens is 4. The third-order valence-electron chi connectivity index (χ3n) is 2.24. The lowest BCUT2D eigenvalue weighted by atomic mass is 10.1. The molecule has 2 nitrogen and oxygen atoms in total. The van der Waals surface area contributed by atoms with Crippen LogP contribution in [0.1, 0.15) is 16.1 Å². The zero-order chi connectivity index (χ0) is 13.3. The van der Waals surface area contributed by atoms with E-state index in [4.69, 9.17) is 11.6 Å². The molecule has 0 aliphatic heterocycles. The van der Waals surface area contributed by atoms with Crippen molar-refractivity contribution in [2.45, 2.75) is 0 Å². The van der Waals surface area contributed by atoms with Gasteiger partial charge in [-0.15, -0.1) is 0 Å². The fourth-order valence-corrected chi connectivity index (χ4v) is 2.05. The van der Waals surface area contributed by atoms with Crippen molar-refractivity contribution in [3.63, 3.8) is 0 Å². The van der Waals surface area contributed by atoms with E-state index in [-0.39, 0.29) is 16.3 Å². The van der Waals surface area contributed by atoms with Crippen LogP contribution in [-0.2, 0) is 0 Å². The molecule has 1 aromatic carbocycles. The summed E-state index contributed by atoms with van der Waals surface area (Å²) in [5.74, 6) is -1.25. The molecule has 0 radical (unpaired) electrons. The summed E-state index contributed by atoms with van der Waals surface area (Å²) in [7, 11) is 0. The third-order valence-corrected chi connectivity index (χ3v) is 3.97. The Bertz CT molecular complexity index is 616. The van der Waals surface area contributed by atoms with Crippen LogP contribution in [0.25, 0.3) is 0 Å². The lowest BCUT2D eigenvalue weighted by Gasteiger charge is -2.05. The van der Waals surface area contributed by atoms with Gasteiger partial charge in [-0.25, -0.2) is 4.39 Å². The Morgan fingerprint density at radius 2 is 1.94 bits per heavy atom. The molecule has 0 unspecified atom stereocenters. The van der Waals surface area contributed by atoms with Gasteiger partial charge in [0.2, 0.25) is 5.78 Å². The van der Waals surface area contributed by atoms with Gasteiger partial charge in [0, 0.05) is 15.1 Å². The van der Waals surface area contributed by atoms with Crippen molar-refractivity contribution < 1.29 is 9.18 Å². The molecular formula is C12H5Br2ClFNO. The van der Waals surface area contributed by atoms with Crippen LogP contribution < -0.4 is 0 Å². The summed E-state index contributed by atoms with van der Waals surface area (Å²) in [4.78, 5) is 16.0. The van der Waals surface area contributed by atoms with Crippen molar-refractivity contribution in [3.8, 4) is 0 Å². The van der Waals surface area contributed by atoms with Crippen LogP contribution in [0.15, 0.2) is 39.4 Å². The summed E-state index contributed by atoms with van der Waals surface area (Å²) in [6.45, 7) is 0. The number of pyridine rings is 1. The fraction of sp³-hybridized carbons (Fsp3) is 0. The van der Waals surface area contributed by atoms with Gasteiger partial charge in [0.25, 0.3) is 0 Å². The summed E-state index contributed by atoms with van der Waals surface area (Å²) in [5, 5.41) is -0.113. The van der Waals surface area contributed by atoms with E-state index >= 15 is 0 Å². The number of carbonyl (C=O) groups is 1. The van der Waals surface area contributed by atoms with E-state index in [9.17, 15) is 9.18 Å². The summed E-state index contributed by atoms with van der Waals surface area (Å²) >= 11 is 12.0. The number of hydrogen-bond acceptors (Lipinski definition) is 2. The van der Waals surface area contributed by atoms with Gasteiger partial charge in [0.1, 0.15) is 5.69 Å². The number of rotatable bonds is 2. The van der Waals surface area contributed by atoms with Crippen molar-refractivity contribution in [3.05, 3.63) is 61.5 Å². The standard InChI is InChI=1S/C12H5Br2ClFNO/c13-6-1-4-9(17-5-6)12(18)7-2-3-8(14)10(15)11(7)16/h1-5H. The first-order valence-corrected chi connectivity index (χ1v) is 6.77. The molecule has 0 N–H and O–H groups in total. The van der Waals surface area contributed by atoms with Crippen LogP contribution in [0, 0.1) is 5.82 Å². The zero-order valence-electron chi connectivity index (χ0n) is 8.75. The van der Waals surface area contributed by atoms with Gasteiger partial charge in [-0.05, 0) is 56.1 Å². The minimum Gasteiger partial charge on any atom is -0.287 e. The second-order valence-corrected chi connectivity index (χ2v) is 5.56. The van der Waals surface area contributed by atoms with Crippen LogP contribution in [0.5, 0.6) is 0 Å². The summed E-state index contributed by atoms with van der Waals surface area (Å²) in [5.41, 5.74) is 0.0634. The third kappa shape index (κ3) is 2.63. The molecule has 92 valence electrons. The Morgan fingerprint density at radius 1 is 1.22 bits per heavy atom. The van der Waals surface area contributed by atoms with Gasteiger partial charge in [0.15, 0.2) is 5.82 Å². The zero-order valence-corrected chi connectivity index (χ0v) is 12.7. The molecule has 0 saturated heterocycles. The monoisotopic (exact) mass is 391 g/mol. The maximum absolute atomic E-state index is 13.9. The van der Waals surface area contributed by atoms with Gasteiger partial charge in [-0.1, -0.05) is 11.6 Å². The number of carbonyl (C=O) groups excluding carboxylic acids is 1. The average molecular weight is 393 g/mol. The Balaban J connectivity index is 2.46. The maximum atomic E-state index is 13.9. The predicted octanol–water partition coefficient (Wildman–Crippen LogP) is 4.63. The van der Waals surface area contributed by atoms with Gasteiger partial charge < -0.3 is 0 Å². The van der Waals surface area contributed by atoms with Crippen LogP contribution in [0.3, 0.4) is 0 Å². The largest absolute Gasteiger partial charge is 0.287 e. The lowest BCUT2D eigenvalue weighted by Crippen LogP contribution is -2.06. The lowest BCUT2D eigenvalue weighted by molar-refractivity contribution is 0.103. The Hall–Kier alpha value is -0.780. The van der Waals surface area contributed by atoms with E-state index in [0.717, 1.165) is 4.47 Å². The number of hydrogen-bond donors (Lipinski definition) is 0. The Morgan fingerprint density at radius 3 is 2.56 bits per heavy atom. The second kappa shape index (κ2) is 5.47. The molecule has 0 atom stereocenters. The van der Waals surface area contributed by atoms with E-state index in [1.165, 1.54) is 24.4 Å². The van der Waals surface area contributed by atoms with Gasteiger partial charge in [-0.3, -0.25) is 9.78 Å². The summed E-state index contributed by atoms with van der Waals surface area (Å²) in [6, 6.07) is 6.08. The fourth-order valence-electron chi connectivity index (χ4n) is 1.35. The van der Waals surface area contributed by atoms with Crippen molar-refractivity contribution in [1.29, 1.82) is 0 Å². The molecule has 0 fully saturated rings. The number of aromatic nitrogens is 1. The highest BCUT2D eigenvalue weighted by atomic mass is 79.9. The van der Waals surface area contributed by atoms with Crippen molar-refractivity contribution in [2.24, 2.45) is 0 Å². The molecule has 2 rings (SSSR count). The molecule has 1 aromatic heterocycles. The van der Waals surface area contributed by atoms with E-state index < -0.39 is 11.6 Å². The minimum absolute atomic E-state index is 0.0991. The van der Waals surface area contributed by atoms with Gasteiger partial charge in [0.05, 0.1) is 10.6 Å². The van der Waals surface area contributed by atoms with Crippen molar-refractivity contribution in [1.82, 2.24) is 4.98 Å². The quantitative estimate of drug-likeness (QED) is 0.550. The smallest absolute Gasteiger partial charge is 0.214 e. The number of nitrogens with zero attached hydrogens (tertiary/aromatic N) is 1. The SMILES string of the molecule is O=C(c1ccc(Br)cn1)c1ccc(Br)c(Cl)c1F. The van der Waals surface area contributed by atoms with E-state index in [2.05, 4.69) is 36.8 Å². The molecule has 18 heavy (non-hydrogen) atoms. The van der Waals surface area contributed by atoms with E-state index in [0.29, 0.717) is 4.47 Å². The normalized spacial score (nSPS) is 10.4. The Kier molecular flexibility index (Phi) is 4.14. The van der Waals surface area contributed by atoms with Gasteiger partial charge >= 0.3 is 0 Å². The Labute approximate surface area is 124 Å². The average Bonchev–Trinajstić information content (AvgIpc) is 2.36. The molecule has 6 heteroatoms. The van der Waals surface area contributed by atoms with E-state index in [1.54, 1.807) is 6.07 Å². The van der Waals surface area contributed by atoms with Crippen LogP contribution in [0.4, 0.5) is 4.39 Å². The first kappa shape index (κ1) is 13.6. The topological polar surface area (TPSA) is 30.0 Å². The molecule has 0 spiro atoms. The summed E-state index contributed by atoms with van der Waals surface area (Å²) < 4.78 is 15.0. The number of benzene rings is 1. The molecule has 0 aliphatic rings. The molecule has 1 heterocycles.